The molecular weight excluding hydrogens is 256 g/mol. The van der Waals surface area contributed by atoms with Gasteiger partial charge in [-0.2, -0.15) is 0 Å². The number of anilines is 1. The van der Waals surface area contributed by atoms with E-state index in [1.165, 1.54) is 18.2 Å². The number of benzene rings is 1. The van der Waals surface area contributed by atoms with Gasteiger partial charge in [-0.3, -0.25) is 10.1 Å². The topological polar surface area (TPSA) is 125 Å². The summed E-state index contributed by atoms with van der Waals surface area (Å²) in [5.74, 6) is 0. The lowest BCUT2D eigenvalue weighted by atomic mass is 10.0. The van der Waals surface area contributed by atoms with Crippen LogP contribution in [-0.4, -0.2) is 51.4 Å². The van der Waals surface area contributed by atoms with E-state index in [-0.39, 0.29) is 12.3 Å². The van der Waals surface area contributed by atoms with E-state index in [0.717, 1.165) is 0 Å². The Labute approximate surface area is 108 Å². The highest BCUT2D eigenvalue weighted by atomic mass is 16.6. The Bertz CT molecular complexity index is 468. The molecule has 1 fully saturated rings. The number of aliphatic hydroxyl groups excluding tert-OH is 3. The van der Waals surface area contributed by atoms with Crippen molar-refractivity contribution < 1.29 is 25.0 Å². The van der Waals surface area contributed by atoms with E-state index < -0.39 is 29.5 Å². The van der Waals surface area contributed by atoms with Crippen molar-refractivity contribution >= 4 is 11.4 Å². The predicted molar refractivity (Wildman–Crippen MR) is 64.5 cm³/mol. The number of ether oxygens (including phenoxy) is 1. The van der Waals surface area contributed by atoms with E-state index in [1.807, 2.05) is 0 Å². The third-order valence-electron chi connectivity index (χ3n) is 2.87. The van der Waals surface area contributed by atoms with Crippen molar-refractivity contribution in [2.45, 2.75) is 24.5 Å². The summed E-state index contributed by atoms with van der Waals surface area (Å²) in [6.45, 7) is -0.134. The molecule has 4 atom stereocenters. The average molecular weight is 270 g/mol. The Hall–Kier alpha value is -1.74. The van der Waals surface area contributed by atoms with Crippen LogP contribution in [0.3, 0.4) is 0 Å². The fourth-order valence-corrected chi connectivity index (χ4v) is 1.81. The second-order valence-electron chi connectivity index (χ2n) is 4.25. The summed E-state index contributed by atoms with van der Waals surface area (Å²) in [6, 6.07) is 5.68. The molecule has 0 aliphatic carbocycles. The van der Waals surface area contributed by atoms with Crippen LogP contribution in [-0.2, 0) is 4.74 Å². The standard InChI is InChI=1S/C11H14N2O6/c14-8-5-19-11(10(16)9(8)15)12-6-2-1-3-7(4-6)13(17)18/h1-4,8-12,14-16H,5H2/t8-,9+,10-,11+/m0/s1. The van der Waals surface area contributed by atoms with Crippen molar-refractivity contribution in [2.75, 3.05) is 11.9 Å². The quantitative estimate of drug-likeness (QED) is 0.428. The number of nitro benzene ring substituents is 1. The summed E-state index contributed by atoms with van der Waals surface area (Å²) >= 11 is 0. The average Bonchev–Trinajstić information content (AvgIpc) is 2.40. The normalized spacial score (nSPS) is 30.9. The highest BCUT2D eigenvalue weighted by molar-refractivity contribution is 5.51. The van der Waals surface area contributed by atoms with Gasteiger partial charge in [-0.15, -0.1) is 0 Å². The smallest absolute Gasteiger partial charge is 0.271 e. The SMILES string of the molecule is O=[N+]([O-])c1cccc(N[C@@H]2OC[C@H](O)[C@@H](O)[C@@H]2O)c1. The molecule has 8 nitrogen and oxygen atoms in total. The van der Waals surface area contributed by atoms with Gasteiger partial charge in [-0.25, -0.2) is 0 Å². The number of hydrogen-bond acceptors (Lipinski definition) is 7. The number of non-ortho nitro benzene ring substituents is 1. The van der Waals surface area contributed by atoms with E-state index in [2.05, 4.69) is 5.32 Å². The minimum atomic E-state index is -1.33. The Morgan fingerprint density at radius 1 is 1.32 bits per heavy atom. The van der Waals surface area contributed by atoms with Gasteiger partial charge in [0.2, 0.25) is 0 Å². The van der Waals surface area contributed by atoms with Crippen LogP contribution in [0.4, 0.5) is 11.4 Å². The molecule has 1 aromatic rings. The molecule has 8 heteroatoms. The third-order valence-corrected chi connectivity index (χ3v) is 2.87. The molecule has 0 aromatic heterocycles. The number of nitro groups is 1. The molecule has 0 unspecified atom stereocenters. The Kier molecular flexibility index (Phi) is 3.96. The van der Waals surface area contributed by atoms with Crippen LogP contribution in [0.1, 0.15) is 0 Å². The first kappa shape index (κ1) is 13.7. The van der Waals surface area contributed by atoms with E-state index in [4.69, 9.17) is 4.74 Å². The number of rotatable bonds is 3. The number of nitrogens with zero attached hydrogens (tertiary/aromatic N) is 1. The molecule has 1 aliphatic rings. The van der Waals surface area contributed by atoms with E-state index in [1.54, 1.807) is 6.07 Å². The maximum Gasteiger partial charge on any atom is 0.271 e. The molecule has 19 heavy (non-hydrogen) atoms. The molecular formula is C11H14N2O6. The first-order valence-electron chi connectivity index (χ1n) is 5.66. The summed E-state index contributed by atoms with van der Waals surface area (Å²) in [4.78, 5) is 10.1. The Morgan fingerprint density at radius 2 is 2.05 bits per heavy atom. The van der Waals surface area contributed by atoms with Gasteiger partial charge in [-0.1, -0.05) is 6.07 Å². The molecule has 1 saturated heterocycles. The summed E-state index contributed by atoms with van der Waals surface area (Å²) in [7, 11) is 0. The Morgan fingerprint density at radius 3 is 2.74 bits per heavy atom. The number of nitrogens with one attached hydrogen (secondary N) is 1. The lowest BCUT2D eigenvalue weighted by Gasteiger charge is -2.35. The molecule has 0 amide bonds. The van der Waals surface area contributed by atoms with E-state index >= 15 is 0 Å². The van der Waals surface area contributed by atoms with Crippen molar-refractivity contribution in [1.82, 2.24) is 0 Å². The van der Waals surface area contributed by atoms with Crippen LogP contribution < -0.4 is 5.32 Å². The van der Waals surface area contributed by atoms with E-state index in [0.29, 0.717) is 5.69 Å². The molecule has 4 N–H and O–H groups in total. The molecule has 1 heterocycles. The lowest BCUT2D eigenvalue weighted by Crippen LogP contribution is -2.55. The van der Waals surface area contributed by atoms with Gasteiger partial charge in [0.15, 0.2) is 6.23 Å². The lowest BCUT2D eigenvalue weighted by molar-refractivity contribution is -0.384. The number of aliphatic hydroxyl groups is 3. The summed E-state index contributed by atoms with van der Waals surface area (Å²) in [5.41, 5.74) is 0.276. The van der Waals surface area contributed by atoms with Crippen molar-refractivity contribution in [3.8, 4) is 0 Å². The van der Waals surface area contributed by atoms with Crippen molar-refractivity contribution in [2.24, 2.45) is 0 Å². The van der Waals surface area contributed by atoms with Crippen molar-refractivity contribution in [1.29, 1.82) is 0 Å². The van der Waals surface area contributed by atoms with Gasteiger partial charge in [0, 0.05) is 17.8 Å². The molecule has 1 aromatic carbocycles. The van der Waals surface area contributed by atoms with Crippen LogP contribution in [0.2, 0.25) is 0 Å². The fraction of sp³-hybridized carbons (Fsp3) is 0.455. The molecule has 0 saturated carbocycles. The maximum absolute atomic E-state index is 10.6. The zero-order chi connectivity index (χ0) is 14.0. The van der Waals surface area contributed by atoms with E-state index in [9.17, 15) is 25.4 Å². The van der Waals surface area contributed by atoms with Crippen LogP contribution in [0.25, 0.3) is 0 Å². The van der Waals surface area contributed by atoms with Gasteiger partial charge in [-0.05, 0) is 6.07 Å². The molecule has 0 radical (unpaired) electrons. The highest BCUT2D eigenvalue weighted by Crippen LogP contribution is 2.21. The summed E-state index contributed by atoms with van der Waals surface area (Å²) < 4.78 is 5.14. The van der Waals surface area contributed by atoms with Crippen LogP contribution in [0, 0.1) is 10.1 Å². The van der Waals surface area contributed by atoms with Crippen molar-refractivity contribution in [3.63, 3.8) is 0 Å². The van der Waals surface area contributed by atoms with Crippen LogP contribution >= 0.6 is 0 Å². The third kappa shape index (κ3) is 2.99. The van der Waals surface area contributed by atoms with Gasteiger partial charge in [0.1, 0.15) is 18.3 Å². The molecule has 0 bridgehead atoms. The molecule has 2 rings (SSSR count). The minimum Gasteiger partial charge on any atom is -0.388 e. The second-order valence-corrected chi connectivity index (χ2v) is 4.25. The molecule has 104 valence electrons. The zero-order valence-corrected chi connectivity index (χ0v) is 9.84. The van der Waals surface area contributed by atoms with Crippen molar-refractivity contribution in [3.05, 3.63) is 34.4 Å². The maximum atomic E-state index is 10.6. The van der Waals surface area contributed by atoms with Gasteiger partial charge >= 0.3 is 0 Å². The zero-order valence-electron chi connectivity index (χ0n) is 9.84. The predicted octanol–water partition coefficient (Wildman–Crippen LogP) is -0.554. The van der Waals surface area contributed by atoms with Gasteiger partial charge < -0.3 is 25.4 Å². The van der Waals surface area contributed by atoms with Crippen LogP contribution in [0.5, 0.6) is 0 Å². The fourth-order valence-electron chi connectivity index (χ4n) is 1.81. The summed E-state index contributed by atoms with van der Waals surface area (Å²) in [5, 5.41) is 41.9. The Balaban J connectivity index is 2.09. The first-order chi connectivity index (χ1) is 8.99. The van der Waals surface area contributed by atoms with Gasteiger partial charge in [0.05, 0.1) is 11.5 Å². The highest BCUT2D eigenvalue weighted by Gasteiger charge is 2.37. The first-order valence-corrected chi connectivity index (χ1v) is 5.66. The van der Waals surface area contributed by atoms with Gasteiger partial charge in [0.25, 0.3) is 5.69 Å². The molecule has 0 spiro atoms. The number of hydrogen-bond donors (Lipinski definition) is 4. The second kappa shape index (κ2) is 5.49. The monoisotopic (exact) mass is 270 g/mol. The minimum absolute atomic E-state index is 0.101. The summed E-state index contributed by atoms with van der Waals surface area (Å²) in [6.07, 6.45) is -4.76. The molecule has 1 aliphatic heterocycles. The van der Waals surface area contributed by atoms with Crippen LogP contribution in [0.15, 0.2) is 24.3 Å². The largest absolute Gasteiger partial charge is 0.388 e.